The number of rotatable bonds is 8. The number of aromatic nitrogens is 1. The first-order chi connectivity index (χ1) is 10.6. The van der Waals surface area contributed by atoms with E-state index in [9.17, 15) is 8.42 Å². The molecule has 1 unspecified atom stereocenters. The van der Waals surface area contributed by atoms with Gasteiger partial charge in [-0.3, -0.25) is 4.98 Å². The van der Waals surface area contributed by atoms with E-state index in [2.05, 4.69) is 9.71 Å². The number of nitrogens with one attached hydrogen (secondary N) is 1. The van der Waals surface area contributed by atoms with Crippen LogP contribution in [0.15, 0.2) is 24.4 Å². The third-order valence-electron chi connectivity index (χ3n) is 3.84. The van der Waals surface area contributed by atoms with E-state index < -0.39 is 10.2 Å². The van der Waals surface area contributed by atoms with E-state index in [-0.39, 0.29) is 0 Å². The van der Waals surface area contributed by atoms with Gasteiger partial charge in [-0.05, 0) is 43.7 Å². The molecule has 0 radical (unpaired) electrons. The number of hydrogen-bond donors (Lipinski definition) is 1. The van der Waals surface area contributed by atoms with Crippen molar-refractivity contribution in [3.63, 3.8) is 0 Å². The summed E-state index contributed by atoms with van der Waals surface area (Å²) in [5.74, 6) is 0.295. The predicted molar refractivity (Wildman–Crippen MR) is 85.7 cm³/mol. The van der Waals surface area contributed by atoms with Gasteiger partial charge >= 0.3 is 0 Å². The minimum absolute atomic E-state index is 0.295. The van der Waals surface area contributed by atoms with Gasteiger partial charge in [0.25, 0.3) is 10.2 Å². The van der Waals surface area contributed by atoms with Crippen LogP contribution in [0, 0.1) is 5.92 Å². The molecule has 2 rings (SSSR count). The van der Waals surface area contributed by atoms with Crippen molar-refractivity contribution in [1.82, 2.24) is 14.0 Å². The Bertz CT molecular complexity index is 534. The SMILES string of the molecule is COCC1CCCN(S(=O)(=O)NCCCc2ccccn2)C1. The Morgan fingerprint density at radius 3 is 3.05 bits per heavy atom. The van der Waals surface area contributed by atoms with Gasteiger partial charge in [0, 0.05) is 38.6 Å². The lowest BCUT2D eigenvalue weighted by atomic mass is 10.0. The Balaban J connectivity index is 1.76. The molecule has 1 saturated heterocycles. The quantitative estimate of drug-likeness (QED) is 0.729. The van der Waals surface area contributed by atoms with Crippen LogP contribution in [-0.2, 0) is 21.4 Å². The van der Waals surface area contributed by atoms with Gasteiger partial charge in [0.15, 0.2) is 0 Å². The number of aryl methyl sites for hydroxylation is 1. The first-order valence-corrected chi connectivity index (χ1v) is 9.19. The van der Waals surface area contributed by atoms with Gasteiger partial charge in [-0.15, -0.1) is 0 Å². The van der Waals surface area contributed by atoms with Gasteiger partial charge in [-0.1, -0.05) is 6.07 Å². The highest BCUT2D eigenvalue weighted by molar-refractivity contribution is 7.87. The Hall–Kier alpha value is -1.02. The summed E-state index contributed by atoms with van der Waals surface area (Å²) in [4.78, 5) is 4.23. The van der Waals surface area contributed by atoms with E-state index in [1.54, 1.807) is 17.6 Å². The zero-order chi connectivity index (χ0) is 15.8. The minimum atomic E-state index is -3.38. The third kappa shape index (κ3) is 5.31. The smallest absolute Gasteiger partial charge is 0.279 e. The number of piperidine rings is 1. The fourth-order valence-corrected chi connectivity index (χ4v) is 4.09. The molecule has 0 aromatic carbocycles. The molecule has 0 bridgehead atoms. The van der Waals surface area contributed by atoms with E-state index in [4.69, 9.17) is 4.74 Å². The zero-order valence-electron chi connectivity index (χ0n) is 13.1. The van der Waals surface area contributed by atoms with Crippen molar-refractivity contribution in [3.05, 3.63) is 30.1 Å². The van der Waals surface area contributed by atoms with Gasteiger partial charge in [0.1, 0.15) is 0 Å². The number of pyridine rings is 1. The molecule has 1 aliphatic heterocycles. The van der Waals surface area contributed by atoms with E-state index in [0.29, 0.717) is 32.2 Å². The molecule has 124 valence electrons. The molecule has 1 fully saturated rings. The highest BCUT2D eigenvalue weighted by Gasteiger charge is 2.28. The molecule has 2 heterocycles. The highest BCUT2D eigenvalue weighted by atomic mass is 32.2. The standard InChI is InChI=1S/C15H25N3O3S/c1-21-13-14-6-5-11-18(12-14)22(19,20)17-10-4-8-15-7-2-3-9-16-15/h2-3,7,9,14,17H,4-6,8,10-13H2,1H3. The molecule has 6 nitrogen and oxygen atoms in total. The lowest BCUT2D eigenvalue weighted by Crippen LogP contribution is -2.47. The molecule has 1 aliphatic rings. The van der Waals surface area contributed by atoms with Crippen molar-refractivity contribution in [2.45, 2.75) is 25.7 Å². The number of ether oxygens (including phenoxy) is 1. The number of hydrogen-bond acceptors (Lipinski definition) is 4. The van der Waals surface area contributed by atoms with Crippen LogP contribution in [-0.4, -0.2) is 51.1 Å². The van der Waals surface area contributed by atoms with E-state index in [0.717, 1.165) is 31.4 Å². The first kappa shape index (κ1) is 17.3. The summed E-state index contributed by atoms with van der Waals surface area (Å²) in [6.45, 7) is 2.19. The Kier molecular flexibility index (Phi) is 6.75. The summed E-state index contributed by atoms with van der Waals surface area (Å²) < 4.78 is 34.0. The van der Waals surface area contributed by atoms with Gasteiger partial charge in [-0.2, -0.15) is 12.7 Å². The molecule has 22 heavy (non-hydrogen) atoms. The molecule has 0 amide bonds. The maximum atomic E-state index is 12.3. The molecular formula is C15H25N3O3S. The number of nitrogens with zero attached hydrogens (tertiary/aromatic N) is 2. The van der Waals surface area contributed by atoms with E-state index in [1.165, 1.54) is 0 Å². The van der Waals surface area contributed by atoms with Crippen molar-refractivity contribution < 1.29 is 13.2 Å². The monoisotopic (exact) mass is 327 g/mol. The van der Waals surface area contributed by atoms with Gasteiger partial charge < -0.3 is 4.74 Å². The summed E-state index contributed by atoms with van der Waals surface area (Å²) >= 11 is 0. The van der Waals surface area contributed by atoms with Gasteiger partial charge in [0.2, 0.25) is 0 Å². The second kappa shape index (κ2) is 8.57. The lowest BCUT2D eigenvalue weighted by Gasteiger charge is -2.31. The van der Waals surface area contributed by atoms with Crippen molar-refractivity contribution in [2.75, 3.05) is 33.4 Å². The Morgan fingerprint density at radius 2 is 2.32 bits per heavy atom. The molecule has 1 N–H and O–H groups in total. The van der Waals surface area contributed by atoms with Crippen LogP contribution in [0.25, 0.3) is 0 Å². The fourth-order valence-electron chi connectivity index (χ4n) is 2.72. The Morgan fingerprint density at radius 1 is 1.45 bits per heavy atom. The maximum Gasteiger partial charge on any atom is 0.279 e. The van der Waals surface area contributed by atoms with Crippen LogP contribution in [0.1, 0.15) is 25.0 Å². The average Bonchev–Trinajstić information content (AvgIpc) is 2.53. The largest absolute Gasteiger partial charge is 0.384 e. The second-order valence-electron chi connectivity index (χ2n) is 5.65. The summed E-state index contributed by atoms with van der Waals surface area (Å²) in [5, 5.41) is 0. The van der Waals surface area contributed by atoms with Gasteiger partial charge in [0.05, 0.1) is 6.61 Å². The molecule has 1 atom stereocenters. The van der Waals surface area contributed by atoms with Crippen LogP contribution in [0.2, 0.25) is 0 Å². The molecule has 1 aromatic heterocycles. The summed E-state index contributed by atoms with van der Waals surface area (Å²) in [6, 6.07) is 5.77. The van der Waals surface area contributed by atoms with Crippen molar-refractivity contribution in [2.24, 2.45) is 5.92 Å². The lowest BCUT2D eigenvalue weighted by molar-refractivity contribution is 0.118. The topological polar surface area (TPSA) is 71.5 Å². The van der Waals surface area contributed by atoms with Gasteiger partial charge in [-0.25, -0.2) is 4.72 Å². The molecule has 0 aliphatic carbocycles. The van der Waals surface area contributed by atoms with Crippen LogP contribution in [0.3, 0.4) is 0 Å². The predicted octanol–water partition coefficient (Wildman–Crippen LogP) is 1.21. The third-order valence-corrected chi connectivity index (χ3v) is 5.42. The molecule has 0 saturated carbocycles. The van der Waals surface area contributed by atoms with Crippen molar-refractivity contribution >= 4 is 10.2 Å². The summed E-state index contributed by atoms with van der Waals surface area (Å²) in [6.07, 6.45) is 5.19. The van der Waals surface area contributed by atoms with E-state index >= 15 is 0 Å². The number of methoxy groups -OCH3 is 1. The van der Waals surface area contributed by atoms with Crippen molar-refractivity contribution in [3.8, 4) is 0 Å². The maximum absolute atomic E-state index is 12.3. The zero-order valence-corrected chi connectivity index (χ0v) is 13.9. The first-order valence-electron chi connectivity index (χ1n) is 7.75. The van der Waals surface area contributed by atoms with Crippen LogP contribution < -0.4 is 4.72 Å². The highest BCUT2D eigenvalue weighted by Crippen LogP contribution is 2.18. The van der Waals surface area contributed by atoms with Crippen LogP contribution in [0.5, 0.6) is 0 Å². The second-order valence-corrected chi connectivity index (χ2v) is 7.40. The van der Waals surface area contributed by atoms with E-state index in [1.807, 2.05) is 18.2 Å². The fraction of sp³-hybridized carbons (Fsp3) is 0.667. The molecular weight excluding hydrogens is 302 g/mol. The molecule has 0 spiro atoms. The summed E-state index contributed by atoms with van der Waals surface area (Å²) in [7, 11) is -1.73. The average molecular weight is 327 g/mol. The van der Waals surface area contributed by atoms with Crippen LogP contribution >= 0.6 is 0 Å². The van der Waals surface area contributed by atoms with Crippen molar-refractivity contribution in [1.29, 1.82) is 0 Å². The molecule has 1 aromatic rings. The summed E-state index contributed by atoms with van der Waals surface area (Å²) in [5.41, 5.74) is 0.986. The minimum Gasteiger partial charge on any atom is -0.384 e. The molecule has 7 heteroatoms. The Labute approximate surface area is 133 Å². The normalized spacial score (nSPS) is 20.1. The van der Waals surface area contributed by atoms with Crippen LogP contribution in [0.4, 0.5) is 0 Å².